The highest BCUT2D eigenvalue weighted by Crippen LogP contribution is 2.26. The Labute approximate surface area is 126 Å². The van der Waals surface area contributed by atoms with Gasteiger partial charge in [-0.2, -0.15) is 0 Å². The smallest absolute Gasteiger partial charge is 0.101 e. The van der Waals surface area contributed by atoms with Gasteiger partial charge in [-0.1, -0.05) is 23.7 Å². The van der Waals surface area contributed by atoms with Crippen LogP contribution in [0.2, 0.25) is 4.34 Å². The largest absolute Gasteiger partial charge is 0.386 e. The normalized spacial score (nSPS) is 12.9. The first-order chi connectivity index (χ1) is 9.74. The summed E-state index contributed by atoms with van der Waals surface area (Å²) in [5.74, 6) is 0. The predicted octanol–water partition coefficient (Wildman–Crippen LogP) is 3.71. The number of rotatable bonds is 5. The summed E-state index contributed by atoms with van der Waals surface area (Å²) in [7, 11) is 0. The highest BCUT2D eigenvalue weighted by atomic mass is 35.5. The molecule has 0 fully saturated rings. The Morgan fingerprint density at radius 2 is 2.15 bits per heavy atom. The van der Waals surface area contributed by atoms with E-state index in [0.717, 1.165) is 16.9 Å². The van der Waals surface area contributed by atoms with E-state index in [1.165, 1.54) is 22.3 Å². The Morgan fingerprint density at radius 3 is 2.95 bits per heavy atom. The molecule has 0 aliphatic heterocycles. The molecule has 104 valence electrons. The average Bonchev–Trinajstić information content (AvgIpc) is 3.07. The van der Waals surface area contributed by atoms with Crippen molar-refractivity contribution in [3.8, 4) is 0 Å². The lowest BCUT2D eigenvalue weighted by Crippen LogP contribution is -2.20. The lowest BCUT2D eigenvalue weighted by Gasteiger charge is -2.10. The minimum Gasteiger partial charge on any atom is -0.386 e. The highest BCUT2D eigenvalue weighted by Gasteiger charge is 2.10. The first kappa shape index (κ1) is 13.6. The fourth-order valence-electron chi connectivity index (χ4n) is 2.26. The molecule has 0 saturated carbocycles. The molecule has 2 aromatic heterocycles. The second-order valence-electron chi connectivity index (χ2n) is 4.64. The molecular formula is C15H15ClN2OS. The molecule has 20 heavy (non-hydrogen) atoms. The van der Waals surface area contributed by atoms with Crippen molar-refractivity contribution in [3.63, 3.8) is 0 Å². The van der Waals surface area contributed by atoms with Crippen molar-refractivity contribution in [1.82, 2.24) is 10.3 Å². The third kappa shape index (κ3) is 2.88. The van der Waals surface area contributed by atoms with Crippen molar-refractivity contribution in [2.24, 2.45) is 0 Å². The minimum atomic E-state index is -0.516. The third-order valence-electron chi connectivity index (χ3n) is 3.26. The second kappa shape index (κ2) is 5.97. The molecule has 3 rings (SSSR count). The van der Waals surface area contributed by atoms with Crippen LogP contribution in [0.5, 0.6) is 0 Å². The van der Waals surface area contributed by atoms with Gasteiger partial charge in [0.15, 0.2) is 0 Å². The van der Waals surface area contributed by atoms with Crippen molar-refractivity contribution < 1.29 is 5.11 Å². The summed E-state index contributed by atoms with van der Waals surface area (Å²) in [6.45, 7) is 1.24. The van der Waals surface area contributed by atoms with E-state index in [4.69, 9.17) is 11.6 Å². The lowest BCUT2D eigenvalue weighted by atomic mass is 10.1. The van der Waals surface area contributed by atoms with Crippen LogP contribution < -0.4 is 5.32 Å². The zero-order chi connectivity index (χ0) is 13.9. The van der Waals surface area contributed by atoms with E-state index in [9.17, 15) is 5.11 Å². The summed E-state index contributed by atoms with van der Waals surface area (Å²) in [5.41, 5.74) is 2.36. The standard InChI is InChI=1S/C15H15ClN2OS/c16-15-5-4-14(20-15)13(19)9-17-8-10-2-1-3-12-11(10)6-7-18-12/h1-7,13,17-19H,8-9H2. The summed E-state index contributed by atoms with van der Waals surface area (Å²) in [6, 6.07) is 11.9. The number of aromatic amines is 1. The Balaban J connectivity index is 1.61. The van der Waals surface area contributed by atoms with E-state index in [1.54, 1.807) is 0 Å². The van der Waals surface area contributed by atoms with Crippen LogP contribution in [0.25, 0.3) is 10.9 Å². The van der Waals surface area contributed by atoms with Gasteiger partial charge in [0.25, 0.3) is 0 Å². The van der Waals surface area contributed by atoms with Gasteiger partial charge in [-0.3, -0.25) is 0 Å². The average molecular weight is 307 g/mol. The van der Waals surface area contributed by atoms with Crippen molar-refractivity contribution in [2.45, 2.75) is 12.6 Å². The van der Waals surface area contributed by atoms with Gasteiger partial charge in [0, 0.05) is 35.1 Å². The van der Waals surface area contributed by atoms with E-state index in [1.807, 2.05) is 24.4 Å². The van der Waals surface area contributed by atoms with Gasteiger partial charge < -0.3 is 15.4 Å². The first-order valence-corrected chi connectivity index (χ1v) is 7.62. The second-order valence-corrected chi connectivity index (χ2v) is 6.39. The summed E-state index contributed by atoms with van der Waals surface area (Å²) in [6.07, 6.45) is 1.43. The SMILES string of the molecule is OC(CNCc1cccc2[nH]ccc12)c1ccc(Cl)s1. The van der Waals surface area contributed by atoms with Gasteiger partial charge >= 0.3 is 0 Å². The van der Waals surface area contributed by atoms with Crippen LogP contribution in [-0.4, -0.2) is 16.6 Å². The Hall–Kier alpha value is -1.33. The number of aliphatic hydroxyl groups excluding tert-OH is 1. The zero-order valence-electron chi connectivity index (χ0n) is 10.8. The lowest BCUT2D eigenvalue weighted by molar-refractivity contribution is 0.178. The molecule has 3 N–H and O–H groups in total. The quantitative estimate of drug-likeness (QED) is 0.673. The summed E-state index contributed by atoms with van der Waals surface area (Å²) in [5, 5.41) is 14.6. The van der Waals surface area contributed by atoms with Crippen LogP contribution in [-0.2, 0) is 6.54 Å². The van der Waals surface area contributed by atoms with E-state index >= 15 is 0 Å². The summed E-state index contributed by atoms with van der Waals surface area (Å²) < 4.78 is 0.705. The van der Waals surface area contributed by atoms with Crippen LogP contribution in [0.1, 0.15) is 16.5 Å². The van der Waals surface area contributed by atoms with Gasteiger partial charge in [0.05, 0.1) is 4.34 Å². The van der Waals surface area contributed by atoms with Crippen molar-refractivity contribution >= 4 is 33.8 Å². The molecule has 0 radical (unpaired) electrons. The van der Waals surface area contributed by atoms with Crippen LogP contribution in [0.4, 0.5) is 0 Å². The van der Waals surface area contributed by atoms with E-state index in [-0.39, 0.29) is 0 Å². The molecule has 0 aliphatic carbocycles. The molecule has 0 spiro atoms. The van der Waals surface area contributed by atoms with Crippen molar-refractivity contribution in [3.05, 3.63) is 57.4 Å². The Morgan fingerprint density at radius 1 is 1.25 bits per heavy atom. The predicted molar refractivity (Wildman–Crippen MR) is 84.3 cm³/mol. The maximum absolute atomic E-state index is 10.1. The number of hydrogen-bond acceptors (Lipinski definition) is 3. The highest BCUT2D eigenvalue weighted by molar-refractivity contribution is 7.16. The van der Waals surface area contributed by atoms with Gasteiger partial charge in [-0.05, 0) is 29.8 Å². The van der Waals surface area contributed by atoms with Crippen LogP contribution in [0.3, 0.4) is 0 Å². The topological polar surface area (TPSA) is 48.0 Å². The van der Waals surface area contributed by atoms with Gasteiger partial charge in [-0.25, -0.2) is 0 Å². The number of aromatic nitrogens is 1. The molecule has 3 aromatic rings. The number of fused-ring (bicyclic) bond motifs is 1. The van der Waals surface area contributed by atoms with Crippen molar-refractivity contribution in [1.29, 1.82) is 0 Å². The maximum atomic E-state index is 10.1. The maximum Gasteiger partial charge on any atom is 0.101 e. The fraction of sp³-hybridized carbons (Fsp3) is 0.200. The molecule has 0 aliphatic rings. The molecule has 3 nitrogen and oxygen atoms in total. The molecule has 0 amide bonds. The molecule has 1 unspecified atom stereocenters. The molecule has 2 heterocycles. The number of H-pyrrole nitrogens is 1. The molecule has 0 saturated heterocycles. The third-order valence-corrected chi connectivity index (χ3v) is 4.59. The zero-order valence-corrected chi connectivity index (χ0v) is 12.3. The number of hydrogen-bond donors (Lipinski definition) is 3. The number of aliphatic hydroxyl groups is 1. The first-order valence-electron chi connectivity index (χ1n) is 6.43. The molecular weight excluding hydrogens is 292 g/mol. The fourth-order valence-corrected chi connectivity index (χ4v) is 3.30. The number of nitrogens with one attached hydrogen (secondary N) is 2. The Bertz CT molecular complexity index is 707. The van der Waals surface area contributed by atoms with E-state index < -0.39 is 6.10 Å². The number of benzene rings is 1. The molecule has 5 heteroatoms. The van der Waals surface area contributed by atoms with Crippen LogP contribution >= 0.6 is 22.9 Å². The van der Waals surface area contributed by atoms with Gasteiger partial charge in [0.2, 0.25) is 0 Å². The Kier molecular flexibility index (Phi) is 4.08. The molecule has 0 bridgehead atoms. The summed E-state index contributed by atoms with van der Waals surface area (Å²) >= 11 is 7.29. The number of halogens is 1. The van der Waals surface area contributed by atoms with E-state index in [2.05, 4.69) is 28.5 Å². The molecule has 1 aromatic carbocycles. The van der Waals surface area contributed by atoms with Gasteiger partial charge in [0.1, 0.15) is 6.10 Å². The van der Waals surface area contributed by atoms with E-state index in [0.29, 0.717) is 10.9 Å². The monoisotopic (exact) mass is 306 g/mol. The minimum absolute atomic E-state index is 0.512. The van der Waals surface area contributed by atoms with Crippen LogP contribution in [0, 0.1) is 0 Å². The van der Waals surface area contributed by atoms with Gasteiger partial charge in [-0.15, -0.1) is 11.3 Å². The number of thiophene rings is 1. The van der Waals surface area contributed by atoms with Crippen molar-refractivity contribution in [2.75, 3.05) is 6.54 Å². The van der Waals surface area contributed by atoms with Crippen LogP contribution in [0.15, 0.2) is 42.6 Å². The molecule has 1 atom stereocenters. The summed E-state index contributed by atoms with van der Waals surface area (Å²) in [4.78, 5) is 4.09.